The summed E-state index contributed by atoms with van der Waals surface area (Å²) in [6.07, 6.45) is 0.896. The zero-order valence-corrected chi connectivity index (χ0v) is 10.5. The van der Waals surface area contributed by atoms with Crippen LogP contribution >= 0.6 is 11.6 Å². The lowest BCUT2D eigenvalue weighted by molar-refractivity contribution is -0.0969. The second kappa shape index (κ2) is 7.07. The van der Waals surface area contributed by atoms with Crippen LogP contribution in [0.15, 0.2) is 6.20 Å². The first-order chi connectivity index (χ1) is 8.17. The van der Waals surface area contributed by atoms with Crippen molar-refractivity contribution in [1.82, 2.24) is 9.97 Å². The van der Waals surface area contributed by atoms with Crippen molar-refractivity contribution in [2.24, 2.45) is 0 Å². The third-order valence-electron chi connectivity index (χ3n) is 1.75. The van der Waals surface area contributed by atoms with Crippen LogP contribution in [0.25, 0.3) is 0 Å². The molecule has 1 aromatic rings. The molecule has 0 unspecified atom stereocenters. The molecule has 0 fully saturated rings. The maximum absolute atomic E-state index is 5.64. The first-order valence-corrected chi connectivity index (χ1v) is 5.57. The van der Waals surface area contributed by atoms with Crippen molar-refractivity contribution in [2.45, 2.75) is 20.1 Å². The fraction of sp³-hybridized carbons (Fsp3) is 0.455. The van der Waals surface area contributed by atoms with E-state index in [1.54, 1.807) is 0 Å². The maximum Gasteiger partial charge on any atom is 0.224 e. The van der Waals surface area contributed by atoms with Crippen LogP contribution in [0.4, 0.5) is 5.82 Å². The summed E-state index contributed by atoms with van der Waals surface area (Å²) in [5.41, 5.74) is 6.13. The van der Waals surface area contributed by atoms with Gasteiger partial charge in [0.1, 0.15) is 5.82 Å². The molecule has 92 valence electrons. The van der Waals surface area contributed by atoms with E-state index in [1.807, 2.05) is 13.8 Å². The first kappa shape index (κ1) is 13.7. The van der Waals surface area contributed by atoms with Crippen LogP contribution in [0.2, 0.25) is 5.28 Å². The lowest BCUT2D eigenvalue weighted by Crippen LogP contribution is -2.14. The van der Waals surface area contributed by atoms with Crippen LogP contribution < -0.4 is 5.73 Å². The van der Waals surface area contributed by atoms with Gasteiger partial charge in [-0.05, 0) is 31.4 Å². The van der Waals surface area contributed by atoms with Crippen LogP contribution in [-0.4, -0.2) is 29.5 Å². The van der Waals surface area contributed by atoms with E-state index < -0.39 is 6.29 Å². The summed E-state index contributed by atoms with van der Waals surface area (Å²) in [5.74, 6) is 5.84. The van der Waals surface area contributed by atoms with E-state index in [-0.39, 0.29) is 11.1 Å². The van der Waals surface area contributed by atoms with Gasteiger partial charge < -0.3 is 15.2 Å². The Labute approximate surface area is 105 Å². The van der Waals surface area contributed by atoms with Gasteiger partial charge in [-0.2, -0.15) is 4.98 Å². The first-order valence-electron chi connectivity index (χ1n) is 5.20. The quantitative estimate of drug-likeness (QED) is 0.501. The SMILES string of the molecule is CCOC(C#Cc1cnc(Cl)nc1N)OCC. The lowest BCUT2D eigenvalue weighted by Gasteiger charge is -2.09. The number of aromatic nitrogens is 2. The van der Waals surface area contributed by atoms with Crippen LogP contribution in [0.5, 0.6) is 0 Å². The lowest BCUT2D eigenvalue weighted by atomic mass is 10.3. The Kier molecular flexibility index (Phi) is 5.70. The zero-order chi connectivity index (χ0) is 12.7. The topological polar surface area (TPSA) is 70.3 Å². The fourth-order valence-electron chi connectivity index (χ4n) is 1.04. The van der Waals surface area contributed by atoms with Crippen LogP contribution in [0.3, 0.4) is 0 Å². The van der Waals surface area contributed by atoms with Gasteiger partial charge in [0.25, 0.3) is 0 Å². The Bertz CT molecular complexity index is 422. The number of ether oxygens (including phenoxy) is 2. The number of hydrogen-bond donors (Lipinski definition) is 1. The number of anilines is 1. The summed E-state index contributed by atoms with van der Waals surface area (Å²) in [5, 5.41) is 0.0965. The molecule has 0 spiro atoms. The minimum Gasteiger partial charge on any atom is -0.383 e. The molecule has 1 rings (SSSR count). The molecule has 0 bridgehead atoms. The van der Waals surface area contributed by atoms with Gasteiger partial charge in [-0.25, -0.2) is 4.98 Å². The summed E-state index contributed by atoms with van der Waals surface area (Å²) in [4.78, 5) is 7.59. The fourth-order valence-corrected chi connectivity index (χ4v) is 1.18. The average molecular weight is 256 g/mol. The number of nitrogens with zero attached hydrogens (tertiary/aromatic N) is 2. The molecule has 0 aliphatic heterocycles. The van der Waals surface area contributed by atoms with Crippen molar-refractivity contribution in [3.8, 4) is 11.8 Å². The van der Waals surface area contributed by atoms with Gasteiger partial charge in [-0.3, -0.25) is 0 Å². The third kappa shape index (κ3) is 4.57. The number of nitrogen functional groups attached to an aromatic ring is 1. The molecule has 0 aliphatic rings. The highest BCUT2D eigenvalue weighted by Crippen LogP contribution is 2.08. The monoisotopic (exact) mass is 255 g/mol. The summed E-state index contributed by atoms with van der Waals surface area (Å²) >= 11 is 5.58. The summed E-state index contributed by atoms with van der Waals surface area (Å²) in [6.45, 7) is 4.78. The Hall–Kier alpha value is -1.35. The van der Waals surface area contributed by atoms with Crippen molar-refractivity contribution in [1.29, 1.82) is 0 Å². The van der Waals surface area contributed by atoms with E-state index >= 15 is 0 Å². The van der Waals surface area contributed by atoms with Gasteiger partial charge in [-0.15, -0.1) is 0 Å². The van der Waals surface area contributed by atoms with Crippen LogP contribution in [0, 0.1) is 11.8 Å². The van der Waals surface area contributed by atoms with Crippen molar-refractivity contribution in [3.05, 3.63) is 17.0 Å². The number of halogens is 1. The number of nitrogens with two attached hydrogens (primary N) is 1. The molecule has 2 N–H and O–H groups in total. The maximum atomic E-state index is 5.64. The van der Waals surface area contributed by atoms with Crippen molar-refractivity contribution in [3.63, 3.8) is 0 Å². The Balaban J connectivity index is 2.80. The van der Waals surface area contributed by atoms with Crippen molar-refractivity contribution in [2.75, 3.05) is 18.9 Å². The van der Waals surface area contributed by atoms with E-state index in [0.717, 1.165) is 0 Å². The van der Waals surface area contributed by atoms with Gasteiger partial charge in [0.05, 0.1) is 5.56 Å². The van der Waals surface area contributed by atoms with E-state index in [9.17, 15) is 0 Å². The molecule has 17 heavy (non-hydrogen) atoms. The molecule has 0 aromatic carbocycles. The largest absolute Gasteiger partial charge is 0.383 e. The van der Waals surface area contributed by atoms with Gasteiger partial charge in [0.15, 0.2) is 0 Å². The molecule has 0 radical (unpaired) electrons. The summed E-state index contributed by atoms with van der Waals surface area (Å²) in [6, 6.07) is 0. The van der Waals surface area contributed by atoms with Gasteiger partial charge in [0.2, 0.25) is 11.6 Å². The minimum atomic E-state index is -0.569. The highest BCUT2D eigenvalue weighted by atomic mass is 35.5. The average Bonchev–Trinajstić information content (AvgIpc) is 2.28. The van der Waals surface area contributed by atoms with Crippen molar-refractivity contribution < 1.29 is 9.47 Å². The molecular formula is C11H14ClN3O2. The highest BCUT2D eigenvalue weighted by molar-refractivity contribution is 6.28. The van der Waals surface area contributed by atoms with Gasteiger partial charge >= 0.3 is 0 Å². The summed E-state index contributed by atoms with van der Waals surface area (Å²) < 4.78 is 10.5. The second-order valence-electron chi connectivity index (χ2n) is 2.95. The van der Waals surface area contributed by atoms with E-state index in [4.69, 9.17) is 26.8 Å². The molecule has 0 atom stereocenters. The Morgan fingerprint density at radius 2 is 2.06 bits per heavy atom. The normalized spacial score (nSPS) is 10.1. The van der Waals surface area contributed by atoms with Gasteiger partial charge in [-0.1, -0.05) is 5.92 Å². The molecule has 0 saturated heterocycles. The Morgan fingerprint density at radius 3 is 2.59 bits per heavy atom. The third-order valence-corrected chi connectivity index (χ3v) is 1.93. The summed E-state index contributed by atoms with van der Waals surface area (Å²) in [7, 11) is 0. The predicted octanol–water partition coefficient (Wildman–Crippen LogP) is 1.46. The highest BCUT2D eigenvalue weighted by Gasteiger charge is 2.03. The molecule has 6 heteroatoms. The Morgan fingerprint density at radius 1 is 1.41 bits per heavy atom. The standard InChI is InChI=1S/C11H14ClN3O2/c1-3-16-9(17-4-2)6-5-8-7-14-11(12)15-10(8)13/h7,9H,3-4H2,1-2H3,(H2,13,14,15). The molecule has 0 aliphatic carbocycles. The molecule has 0 saturated carbocycles. The zero-order valence-electron chi connectivity index (χ0n) is 9.74. The smallest absolute Gasteiger partial charge is 0.224 e. The van der Waals surface area contributed by atoms with Crippen LogP contribution in [-0.2, 0) is 9.47 Å². The van der Waals surface area contributed by atoms with E-state index in [2.05, 4.69) is 21.8 Å². The molecule has 5 nitrogen and oxygen atoms in total. The minimum absolute atomic E-state index is 0.0965. The van der Waals surface area contributed by atoms with Gasteiger partial charge in [0, 0.05) is 19.4 Å². The van der Waals surface area contributed by atoms with E-state index in [1.165, 1.54) is 6.20 Å². The molecular weight excluding hydrogens is 242 g/mol. The second-order valence-corrected chi connectivity index (χ2v) is 3.29. The number of hydrogen-bond acceptors (Lipinski definition) is 5. The van der Waals surface area contributed by atoms with E-state index in [0.29, 0.717) is 18.8 Å². The molecule has 1 aromatic heterocycles. The molecule has 1 heterocycles. The number of rotatable bonds is 4. The predicted molar refractivity (Wildman–Crippen MR) is 65.4 cm³/mol. The van der Waals surface area contributed by atoms with Crippen LogP contribution in [0.1, 0.15) is 19.4 Å². The molecule has 0 amide bonds. The van der Waals surface area contributed by atoms with Crippen molar-refractivity contribution >= 4 is 17.4 Å².